The first-order valence-corrected chi connectivity index (χ1v) is 7.09. The van der Waals surface area contributed by atoms with Gasteiger partial charge in [-0.05, 0) is 43.8 Å². The lowest BCUT2D eigenvalue weighted by Crippen LogP contribution is -2.33. The molecule has 0 bridgehead atoms. The van der Waals surface area contributed by atoms with E-state index in [2.05, 4.69) is 22.8 Å². The Bertz CT molecular complexity index is 517. The highest BCUT2D eigenvalue weighted by Gasteiger charge is 2.13. The highest BCUT2D eigenvalue weighted by atomic mass is 32.1. The van der Waals surface area contributed by atoms with Gasteiger partial charge in [0.15, 0.2) is 16.6 Å². The van der Waals surface area contributed by atoms with Crippen LogP contribution in [-0.2, 0) is 0 Å². The van der Waals surface area contributed by atoms with E-state index < -0.39 is 0 Å². The third-order valence-corrected chi connectivity index (χ3v) is 3.17. The van der Waals surface area contributed by atoms with Gasteiger partial charge >= 0.3 is 0 Å². The molecule has 0 fully saturated rings. The quantitative estimate of drug-likeness (QED) is 0.378. The first kappa shape index (κ1) is 14.6. The van der Waals surface area contributed by atoms with Gasteiger partial charge in [0.2, 0.25) is 6.79 Å². The van der Waals surface area contributed by atoms with Crippen molar-refractivity contribution in [3.05, 3.63) is 23.8 Å². The number of ether oxygens (including phenoxy) is 2. The number of thiocarbonyl (C=S) groups is 1. The summed E-state index contributed by atoms with van der Waals surface area (Å²) in [6, 6.07) is 5.74. The predicted octanol–water partition coefficient (Wildman–Crippen LogP) is 2.40. The molecule has 2 N–H and O–H groups in total. The van der Waals surface area contributed by atoms with Crippen LogP contribution < -0.4 is 20.2 Å². The first-order chi connectivity index (χ1) is 9.70. The molecule has 6 heteroatoms. The molecule has 1 aromatic rings. The third-order valence-electron chi connectivity index (χ3n) is 2.93. The van der Waals surface area contributed by atoms with Gasteiger partial charge in [0.1, 0.15) is 0 Å². The second-order valence-electron chi connectivity index (χ2n) is 4.49. The van der Waals surface area contributed by atoms with Crippen LogP contribution in [0, 0.1) is 0 Å². The van der Waals surface area contributed by atoms with Crippen molar-refractivity contribution in [3.63, 3.8) is 0 Å². The maximum atomic E-state index is 5.34. The number of unbranched alkanes of at least 4 members (excludes halogenated alkanes) is 1. The Balaban J connectivity index is 1.91. The van der Waals surface area contributed by atoms with Crippen LogP contribution in [0.5, 0.6) is 11.5 Å². The molecule has 0 spiro atoms. The Morgan fingerprint density at radius 3 is 2.95 bits per heavy atom. The van der Waals surface area contributed by atoms with Gasteiger partial charge in [-0.3, -0.25) is 5.43 Å². The summed E-state index contributed by atoms with van der Waals surface area (Å²) in [7, 11) is 0. The minimum atomic E-state index is 0.276. The lowest BCUT2D eigenvalue weighted by molar-refractivity contribution is 0.174. The summed E-state index contributed by atoms with van der Waals surface area (Å²) in [5.74, 6) is 1.52. The summed E-state index contributed by atoms with van der Waals surface area (Å²) in [4.78, 5) is 0. The molecule has 0 aromatic heterocycles. The molecule has 2 rings (SSSR count). The van der Waals surface area contributed by atoms with Crippen molar-refractivity contribution in [2.45, 2.75) is 26.7 Å². The van der Waals surface area contributed by atoms with Gasteiger partial charge in [-0.15, -0.1) is 0 Å². The molecule has 0 amide bonds. The van der Waals surface area contributed by atoms with Crippen LogP contribution >= 0.6 is 12.2 Å². The summed E-state index contributed by atoms with van der Waals surface area (Å²) in [6.45, 7) is 5.19. The molecule has 20 heavy (non-hydrogen) atoms. The number of benzene rings is 1. The number of rotatable bonds is 5. The number of hydrogen-bond donors (Lipinski definition) is 2. The second kappa shape index (κ2) is 7.09. The van der Waals surface area contributed by atoms with Crippen LogP contribution in [0.3, 0.4) is 0 Å². The predicted molar refractivity (Wildman–Crippen MR) is 83.4 cm³/mol. The molecule has 5 nitrogen and oxygen atoms in total. The number of nitrogens with zero attached hydrogens (tertiary/aromatic N) is 1. The minimum Gasteiger partial charge on any atom is -0.454 e. The van der Waals surface area contributed by atoms with Crippen LogP contribution in [0.2, 0.25) is 0 Å². The molecule has 1 heterocycles. The van der Waals surface area contributed by atoms with Crippen LogP contribution in [0.25, 0.3) is 0 Å². The highest BCUT2D eigenvalue weighted by Crippen LogP contribution is 2.32. The van der Waals surface area contributed by atoms with Crippen molar-refractivity contribution in [3.8, 4) is 11.5 Å². The van der Waals surface area contributed by atoms with Gasteiger partial charge < -0.3 is 14.8 Å². The highest BCUT2D eigenvalue weighted by molar-refractivity contribution is 7.80. The molecular formula is C14H19N3O2S. The second-order valence-corrected chi connectivity index (χ2v) is 4.89. The summed E-state index contributed by atoms with van der Waals surface area (Å²) in [5.41, 5.74) is 4.65. The summed E-state index contributed by atoms with van der Waals surface area (Å²) in [6.07, 6.45) is 2.22. The van der Waals surface area contributed by atoms with E-state index in [0.717, 1.165) is 42.2 Å². The maximum Gasteiger partial charge on any atom is 0.231 e. The van der Waals surface area contributed by atoms with E-state index in [1.165, 1.54) is 0 Å². The van der Waals surface area contributed by atoms with Crippen molar-refractivity contribution in [1.82, 2.24) is 10.7 Å². The van der Waals surface area contributed by atoms with Gasteiger partial charge in [-0.2, -0.15) is 5.10 Å². The molecule has 0 radical (unpaired) electrons. The standard InChI is InChI=1S/C14H19N3O2S/c1-3-4-7-15-14(20)17-16-10(2)11-5-6-12-13(8-11)19-9-18-12/h5-6,8H,3-4,7,9H2,1-2H3,(H2,15,17,20)/b16-10-. The molecule has 1 aliphatic rings. The lowest BCUT2D eigenvalue weighted by Gasteiger charge is -2.07. The lowest BCUT2D eigenvalue weighted by atomic mass is 10.1. The number of nitrogens with one attached hydrogen (secondary N) is 2. The number of hydrazone groups is 1. The topological polar surface area (TPSA) is 54.9 Å². The molecule has 1 aliphatic heterocycles. The Hall–Kier alpha value is -1.82. The summed E-state index contributed by atoms with van der Waals surface area (Å²) >= 11 is 5.14. The van der Waals surface area contributed by atoms with Crippen LogP contribution in [0.1, 0.15) is 32.3 Å². The fraction of sp³-hybridized carbons (Fsp3) is 0.429. The minimum absolute atomic E-state index is 0.276. The van der Waals surface area contributed by atoms with Crippen molar-refractivity contribution < 1.29 is 9.47 Å². The number of hydrogen-bond acceptors (Lipinski definition) is 4. The van der Waals surface area contributed by atoms with Crippen molar-refractivity contribution in [2.75, 3.05) is 13.3 Å². The maximum absolute atomic E-state index is 5.34. The summed E-state index contributed by atoms with van der Waals surface area (Å²) < 4.78 is 10.6. The normalized spacial score (nSPS) is 13.2. The van der Waals surface area contributed by atoms with Crippen molar-refractivity contribution in [2.24, 2.45) is 5.10 Å². The van der Waals surface area contributed by atoms with Gasteiger partial charge in [0.05, 0.1) is 5.71 Å². The molecule has 0 saturated heterocycles. The van der Waals surface area contributed by atoms with Crippen molar-refractivity contribution >= 4 is 23.0 Å². The average molecular weight is 293 g/mol. The zero-order chi connectivity index (χ0) is 14.4. The SMILES string of the molecule is CCCCNC(=S)N/N=C(/C)c1ccc2c(c1)OCO2. The molecular weight excluding hydrogens is 274 g/mol. The van der Waals surface area contributed by atoms with Gasteiger partial charge in [0.25, 0.3) is 0 Å². The zero-order valence-corrected chi connectivity index (χ0v) is 12.5. The van der Waals surface area contributed by atoms with E-state index in [1.807, 2.05) is 25.1 Å². The zero-order valence-electron chi connectivity index (χ0n) is 11.7. The fourth-order valence-corrected chi connectivity index (χ4v) is 1.89. The molecule has 0 unspecified atom stereocenters. The molecule has 1 aromatic carbocycles. The molecule has 0 saturated carbocycles. The van der Waals surface area contributed by atoms with Crippen molar-refractivity contribution in [1.29, 1.82) is 0 Å². The Morgan fingerprint density at radius 1 is 1.35 bits per heavy atom. The van der Waals surface area contributed by atoms with E-state index >= 15 is 0 Å². The Kier molecular flexibility index (Phi) is 5.17. The van der Waals surface area contributed by atoms with E-state index in [4.69, 9.17) is 21.7 Å². The molecule has 0 aliphatic carbocycles. The van der Waals surface area contributed by atoms with E-state index in [9.17, 15) is 0 Å². The largest absolute Gasteiger partial charge is 0.454 e. The van der Waals surface area contributed by atoms with Crippen LogP contribution in [0.15, 0.2) is 23.3 Å². The van der Waals surface area contributed by atoms with Gasteiger partial charge in [0, 0.05) is 12.1 Å². The van der Waals surface area contributed by atoms with Gasteiger partial charge in [-0.25, -0.2) is 0 Å². The van der Waals surface area contributed by atoms with E-state index in [0.29, 0.717) is 5.11 Å². The van der Waals surface area contributed by atoms with Crippen LogP contribution in [-0.4, -0.2) is 24.2 Å². The monoisotopic (exact) mass is 293 g/mol. The van der Waals surface area contributed by atoms with E-state index in [-0.39, 0.29) is 6.79 Å². The Morgan fingerprint density at radius 2 is 2.15 bits per heavy atom. The molecule has 108 valence electrons. The first-order valence-electron chi connectivity index (χ1n) is 6.69. The summed E-state index contributed by atoms with van der Waals surface area (Å²) in [5, 5.41) is 7.91. The average Bonchev–Trinajstić information content (AvgIpc) is 2.92. The Labute approximate surface area is 124 Å². The number of fused-ring (bicyclic) bond motifs is 1. The van der Waals surface area contributed by atoms with E-state index in [1.54, 1.807) is 0 Å². The fourth-order valence-electron chi connectivity index (χ4n) is 1.74. The smallest absolute Gasteiger partial charge is 0.231 e. The van der Waals surface area contributed by atoms with Gasteiger partial charge in [-0.1, -0.05) is 13.3 Å². The molecule has 0 atom stereocenters. The van der Waals surface area contributed by atoms with Crippen LogP contribution in [0.4, 0.5) is 0 Å². The third kappa shape index (κ3) is 3.84.